The zero-order chi connectivity index (χ0) is 17.4. The van der Waals surface area contributed by atoms with E-state index in [4.69, 9.17) is 11.5 Å². The maximum atomic E-state index is 6.57. The predicted octanol–water partition coefficient (Wildman–Crippen LogP) is 5.42. The summed E-state index contributed by atoms with van der Waals surface area (Å²) in [6.07, 6.45) is 0. The van der Waals surface area contributed by atoms with Gasteiger partial charge < -0.3 is 11.5 Å². The van der Waals surface area contributed by atoms with E-state index in [1.54, 1.807) is 0 Å². The van der Waals surface area contributed by atoms with Crippen LogP contribution in [0.5, 0.6) is 0 Å². The molecule has 3 rings (SSSR count). The molecule has 0 amide bonds. The van der Waals surface area contributed by atoms with Gasteiger partial charge in [0.15, 0.2) is 0 Å². The lowest BCUT2D eigenvalue weighted by Crippen LogP contribution is -2.00. The van der Waals surface area contributed by atoms with Gasteiger partial charge >= 0.3 is 0 Å². The van der Waals surface area contributed by atoms with E-state index in [0.717, 1.165) is 27.9 Å². The molecule has 0 fully saturated rings. The fourth-order valence-corrected chi connectivity index (χ4v) is 3.46. The molecule has 0 unspecified atom stereocenters. The first-order valence-corrected chi connectivity index (χ1v) is 8.20. The van der Waals surface area contributed by atoms with Crippen LogP contribution in [0.15, 0.2) is 48.5 Å². The van der Waals surface area contributed by atoms with Crippen molar-refractivity contribution in [3.8, 4) is 22.3 Å². The quantitative estimate of drug-likeness (QED) is 0.620. The number of benzene rings is 3. The molecule has 2 heteroatoms. The van der Waals surface area contributed by atoms with E-state index in [1.165, 1.54) is 22.3 Å². The molecule has 0 aliphatic heterocycles. The first kappa shape index (κ1) is 16.1. The normalized spacial score (nSPS) is 10.8. The van der Waals surface area contributed by atoms with Gasteiger partial charge in [0.1, 0.15) is 0 Å². The Balaban J connectivity index is 2.25. The zero-order valence-electron chi connectivity index (χ0n) is 14.8. The van der Waals surface area contributed by atoms with Gasteiger partial charge in [-0.1, -0.05) is 64.7 Å². The minimum absolute atomic E-state index is 0.714. The van der Waals surface area contributed by atoms with Crippen molar-refractivity contribution in [3.63, 3.8) is 0 Å². The Labute approximate surface area is 144 Å². The van der Waals surface area contributed by atoms with Crippen molar-refractivity contribution in [2.45, 2.75) is 27.7 Å². The number of hydrogen-bond acceptors (Lipinski definition) is 2. The Morgan fingerprint density at radius 3 is 1.54 bits per heavy atom. The summed E-state index contributed by atoms with van der Waals surface area (Å²) in [6, 6.07) is 16.9. The van der Waals surface area contributed by atoms with E-state index in [2.05, 4.69) is 64.1 Å². The van der Waals surface area contributed by atoms with Gasteiger partial charge in [0.2, 0.25) is 0 Å². The molecular formula is C22H24N2. The van der Waals surface area contributed by atoms with Crippen LogP contribution < -0.4 is 11.5 Å². The summed E-state index contributed by atoms with van der Waals surface area (Å²) in [6.45, 7) is 8.40. The SMILES string of the molecule is Cc1cc(C)cc(-c2ccc(N)c(-c3cc(C)cc(C)c3)c2N)c1. The summed E-state index contributed by atoms with van der Waals surface area (Å²) in [5.41, 5.74) is 23.4. The van der Waals surface area contributed by atoms with Crippen molar-refractivity contribution in [1.29, 1.82) is 0 Å². The molecule has 3 aromatic carbocycles. The van der Waals surface area contributed by atoms with Gasteiger partial charge in [-0.2, -0.15) is 0 Å². The molecule has 2 nitrogen and oxygen atoms in total. The smallest absolute Gasteiger partial charge is 0.0494 e. The molecule has 122 valence electrons. The van der Waals surface area contributed by atoms with Crippen molar-refractivity contribution in [1.82, 2.24) is 0 Å². The van der Waals surface area contributed by atoms with Gasteiger partial charge in [-0.25, -0.2) is 0 Å². The van der Waals surface area contributed by atoms with Gasteiger partial charge in [-0.15, -0.1) is 0 Å². The van der Waals surface area contributed by atoms with Crippen LogP contribution in [0.1, 0.15) is 22.3 Å². The summed E-state index contributed by atoms with van der Waals surface area (Å²) in [5, 5.41) is 0. The molecule has 0 saturated carbocycles. The Kier molecular flexibility index (Phi) is 4.06. The molecular weight excluding hydrogens is 292 g/mol. The summed E-state index contributed by atoms with van der Waals surface area (Å²) in [4.78, 5) is 0. The number of rotatable bonds is 2. The fourth-order valence-electron chi connectivity index (χ4n) is 3.46. The molecule has 0 aliphatic rings. The molecule has 0 radical (unpaired) electrons. The Hall–Kier alpha value is -2.74. The lowest BCUT2D eigenvalue weighted by atomic mass is 9.92. The van der Waals surface area contributed by atoms with Crippen LogP contribution in [-0.4, -0.2) is 0 Å². The first-order valence-electron chi connectivity index (χ1n) is 8.20. The van der Waals surface area contributed by atoms with Crippen molar-refractivity contribution in [3.05, 3.63) is 70.8 Å². The van der Waals surface area contributed by atoms with Crippen LogP contribution in [0.4, 0.5) is 11.4 Å². The van der Waals surface area contributed by atoms with Crippen molar-refractivity contribution in [2.24, 2.45) is 0 Å². The van der Waals surface area contributed by atoms with Crippen LogP contribution in [-0.2, 0) is 0 Å². The fraction of sp³-hybridized carbons (Fsp3) is 0.182. The van der Waals surface area contributed by atoms with Gasteiger partial charge in [-0.05, 0) is 44.9 Å². The summed E-state index contributed by atoms with van der Waals surface area (Å²) >= 11 is 0. The molecule has 4 N–H and O–H groups in total. The van der Waals surface area contributed by atoms with Gasteiger partial charge in [0.25, 0.3) is 0 Å². The van der Waals surface area contributed by atoms with Gasteiger partial charge in [0, 0.05) is 22.5 Å². The molecule has 0 bridgehead atoms. The lowest BCUT2D eigenvalue weighted by Gasteiger charge is -2.16. The van der Waals surface area contributed by atoms with Crippen LogP contribution in [0.3, 0.4) is 0 Å². The molecule has 24 heavy (non-hydrogen) atoms. The predicted molar refractivity (Wildman–Crippen MR) is 105 cm³/mol. The highest BCUT2D eigenvalue weighted by Crippen LogP contribution is 2.39. The third kappa shape index (κ3) is 3.00. The molecule has 0 saturated heterocycles. The highest BCUT2D eigenvalue weighted by atomic mass is 14.6. The third-order valence-electron chi connectivity index (χ3n) is 4.32. The molecule has 0 heterocycles. The van der Waals surface area contributed by atoms with E-state index in [0.29, 0.717) is 5.69 Å². The minimum atomic E-state index is 0.714. The number of hydrogen-bond donors (Lipinski definition) is 2. The molecule has 0 aliphatic carbocycles. The van der Waals surface area contributed by atoms with Crippen molar-refractivity contribution in [2.75, 3.05) is 11.5 Å². The third-order valence-corrected chi connectivity index (χ3v) is 4.32. The topological polar surface area (TPSA) is 52.0 Å². The Morgan fingerprint density at radius 2 is 1.04 bits per heavy atom. The molecule has 3 aromatic rings. The number of aryl methyl sites for hydroxylation is 4. The van der Waals surface area contributed by atoms with Crippen LogP contribution >= 0.6 is 0 Å². The second-order valence-electron chi connectivity index (χ2n) is 6.74. The molecule has 0 spiro atoms. The average Bonchev–Trinajstić information content (AvgIpc) is 2.45. The molecule has 0 atom stereocenters. The standard InChI is InChI=1S/C22H24N2/c1-13-7-14(2)10-17(9-13)19-5-6-20(23)21(22(19)24)18-11-15(3)8-16(4)12-18/h5-12H,23-24H2,1-4H3. The largest absolute Gasteiger partial charge is 0.398 e. The second kappa shape index (κ2) is 6.04. The van der Waals surface area contributed by atoms with Crippen molar-refractivity contribution >= 4 is 11.4 Å². The van der Waals surface area contributed by atoms with E-state index >= 15 is 0 Å². The minimum Gasteiger partial charge on any atom is -0.398 e. The van der Waals surface area contributed by atoms with Crippen LogP contribution in [0.2, 0.25) is 0 Å². The van der Waals surface area contributed by atoms with E-state index < -0.39 is 0 Å². The van der Waals surface area contributed by atoms with Gasteiger partial charge in [-0.3, -0.25) is 0 Å². The Bertz CT molecular complexity index is 883. The van der Waals surface area contributed by atoms with E-state index in [1.807, 2.05) is 12.1 Å². The second-order valence-corrected chi connectivity index (χ2v) is 6.74. The highest BCUT2D eigenvalue weighted by Gasteiger charge is 2.13. The maximum absolute atomic E-state index is 6.57. The average molecular weight is 316 g/mol. The van der Waals surface area contributed by atoms with Crippen LogP contribution in [0.25, 0.3) is 22.3 Å². The summed E-state index contributed by atoms with van der Waals surface area (Å²) < 4.78 is 0. The summed E-state index contributed by atoms with van der Waals surface area (Å²) in [5.74, 6) is 0. The highest BCUT2D eigenvalue weighted by molar-refractivity contribution is 5.95. The van der Waals surface area contributed by atoms with Crippen molar-refractivity contribution < 1.29 is 0 Å². The molecule has 0 aromatic heterocycles. The monoisotopic (exact) mass is 316 g/mol. The summed E-state index contributed by atoms with van der Waals surface area (Å²) in [7, 11) is 0. The maximum Gasteiger partial charge on any atom is 0.0494 e. The van der Waals surface area contributed by atoms with Crippen LogP contribution in [0, 0.1) is 27.7 Å². The van der Waals surface area contributed by atoms with Gasteiger partial charge in [0.05, 0.1) is 0 Å². The zero-order valence-corrected chi connectivity index (χ0v) is 14.8. The number of anilines is 2. The number of nitrogens with two attached hydrogens (primary N) is 2. The van der Waals surface area contributed by atoms with E-state index in [-0.39, 0.29) is 0 Å². The Morgan fingerprint density at radius 1 is 0.583 bits per heavy atom. The number of nitrogen functional groups attached to an aromatic ring is 2. The first-order chi connectivity index (χ1) is 11.3. The van der Waals surface area contributed by atoms with E-state index in [9.17, 15) is 0 Å². The lowest BCUT2D eigenvalue weighted by molar-refractivity contribution is 1.38.